The molecule has 4 heteroatoms. The molecule has 0 aliphatic carbocycles. The van der Waals surface area contributed by atoms with Crippen LogP contribution in [0.5, 0.6) is 5.75 Å². The highest BCUT2D eigenvalue weighted by molar-refractivity contribution is 8.00. The number of rotatable bonds is 4. The average molecular weight is 304 g/mol. The van der Waals surface area contributed by atoms with Crippen LogP contribution in [0.4, 0.5) is 0 Å². The summed E-state index contributed by atoms with van der Waals surface area (Å²) in [5.41, 5.74) is 6.33. The van der Waals surface area contributed by atoms with Crippen LogP contribution in [-0.2, 0) is 0 Å². The zero-order valence-corrected chi connectivity index (χ0v) is 13.7. The Bertz CT molecular complexity index is 492. The van der Waals surface area contributed by atoms with Gasteiger partial charge in [0.25, 0.3) is 0 Å². The highest BCUT2D eigenvalue weighted by Gasteiger charge is 2.24. The van der Waals surface area contributed by atoms with E-state index < -0.39 is 0 Å². The van der Waals surface area contributed by atoms with Crippen molar-refractivity contribution in [1.29, 1.82) is 0 Å². The van der Waals surface area contributed by atoms with Gasteiger partial charge in [-0.25, -0.2) is 0 Å². The van der Waals surface area contributed by atoms with Gasteiger partial charge in [0.05, 0.1) is 6.54 Å². The Kier molecular flexibility index (Phi) is 6.44. The van der Waals surface area contributed by atoms with Crippen molar-refractivity contribution >= 4 is 11.8 Å². The van der Waals surface area contributed by atoms with Crippen LogP contribution in [0.2, 0.25) is 0 Å². The molecule has 2 unspecified atom stereocenters. The molecule has 2 rings (SSSR count). The zero-order valence-electron chi connectivity index (χ0n) is 12.8. The first-order chi connectivity index (χ1) is 10.2. The number of nitrogens with zero attached hydrogens (tertiary/aromatic N) is 1. The molecule has 1 heterocycles. The smallest absolute Gasteiger partial charge is 0.119 e. The average Bonchev–Trinajstić information content (AvgIpc) is 2.51. The summed E-state index contributed by atoms with van der Waals surface area (Å²) in [6.07, 6.45) is 0. The Balaban J connectivity index is 1.78. The van der Waals surface area contributed by atoms with Crippen LogP contribution >= 0.6 is 11.8 Å². The first kappa shape index (κ1) is 16.2. The minimum atomic E-state index is 0.392. The number of hydrogen-bond donors (Lipinski definition) is 1. The molecule has 1 aliphatic rings. The molecule has 1 saturated heterocycles. The molecule has 3 nitrogen and oxygen atoms in total. The molecule has 1 aliphatic heterocycles. The predicted octanol–water partition coefficient (Wildman–Crippen LogP) is 2.20. The number of thioether (sulfide) groups is 1. The molecule has 2 N–H and O–H groups in total. The van der Waals surface area contributed by atoms with E-state index in [4.69, 9.17) is 10.5 Å². The molecule has 1 aromatic rings. The van der Waals surface area contributed by atoms with E-state index in [1.54, 1.807) is 0 Å². The second-order valence-electron chi connectivity index (χ2n) is 5.23. The van der Waals surface area contributed by atoms with Crippen molar-refractivity contribution in [2.24, 2.45) is 5.73 Å². The highest BCUT2D eigenvalue weighted by Crippen LogP contribution is 2.23. The maximum absolute atomic E-state index is 5.83. The number of nitrogens with two attached hydrogens (primary N) is 1. The van der Waals surface area contributed by atoms with E-state index in [-0.39, 0.29) is 0 Å². The Morgan fingerprint density at radius 2 is 2.10 bits per heavy atom. The molecule has 21 heavy (non-hydrogen) atoms. The molecule has 1 aromatic carbocycles. The standard InChI is InChI=1S/C17H24N2OS/c1-14-15(2)21-13-11-19(14)10-12-20-17-7-5-16(6-8-17)4-3-9-18/h5-8,14-15H,9-13,18H2,1-2H3. The van der Waals surface area contributed by atoms with E-state index in [0.717, 1.165) is 31.0 Å². The molecule has 0 spiro atoms. The fraction of sp³-hybridized carbons (Fsp3) is 0.529. The third-order valence-corrected chi connectivity index (χ3v) is 5.19. The van der Waals surface area contributed by atoms with Gasteiger partial charge in [-0.2, -0.15) is 11.8 Å². The van der Waals surface area contributed by atoms with Crippen LogP contribution < -0.4 is 10.5 Å². The second-order valence-corrected chi connectivity index (χ2v) is 6.72. The highest BCUT2D eigenvalue weighted by atomic mass is 32.2. The molecule has 1 fully saturated rings. The lowest BCUT2D eigenvalue weighted by Gasteiger charge is -2.37. The number of benzene rings is 1. The fourth-order valence-corrected chi connectivity index (χ4v) is 3.54. The van der Waals surface area contributed by atoms with Gasteiger partial charge in [-0.15, -0.1) is 0 Å². The van der Waals surface area contributed by atoms with Gasteiger partial charge < -0.3 is 10.5 Å². The minimum absolute atomic E-state index is 0.392. The van der Waals surface area contributed by atoms with Gasteiger partial charge in [0.15, 0.2) is 0 Å². The summed E-state index contributed by atoms with van der Waals surface area (Å²) in [7, 11) is 0. The summed E-state index contributed by atoms with van der Waals surface area (Å²) in [6.45, 7) is 7.89. The first-order valence-electron chi connectivity index (χ1n) is 7.48. The molecule has 0 aromatic heterocycles. The van der Waals surface area contributed by atoms with Gasteiger partial charge >= 0.3 is 0 Å². The van der Waals surface area contributed by atoms with E-state index in [1.807, 2.05) is 24.3 Å². The quantitative estimate of drug-likeness (QED) is 0.866. The normalized spacial score (nSPS) is 22.4. The minimum Gasteiger partial charge on any atom is -0.492 e. The van der Waals surface area contributed by atoms with Crippen molar-refractivity contribution in [3.8, 4) is 17.6 Å². The van der Waals surface area contributed by atoms with Crippen molar-refractivity contribution in [2.75, 3.05) is 32.0 Å². The lowest BCUT2D eigenvalue weighted by Crippen LogP contribution is -2.46. The molecule has 0 amide bonds. The van der Waals surface area contributed by atoms with E-state index in [2.05, 4.69) is 42.4 Å². The van der Waals surface area contributed by atoms with Crippen molar-refractivity contribution in [3.05, 3.63) is 29.8 Å². The van der Waals surface area contributed by atoms with Gasteiger partial charge in [0, 0.05) is 35.7 Å². The molecular weight excluding hydrogens is 280 g/mol. The molecular formula is C17H24N2OS. The summed E-state index contributed by atoms with van der Waals surface area (Å²) in [4.78, 5) is 2.52. The summed E-state index contributed by atoms with van der Waals surface area (Å²) < 4.78 is 5.83. The molecule has 0 saturated carbocycles. The molecule has 0 bridgehead atoms. The van der Waals surface area contributed by atoms with Crippen LogP contribution in [0.1, 0.15) is 19.4 Å². The fourth-order valence-electron chi connectivity index (χ4n) is 2.38. The van der Waals surface area contributed by atoms with E-state index in [0.29, 0.717) is 17.8 Å². The third kappa shape index (κ3) is 4.96. The summed E-state index contributed by atoms with van der Waals surface area (Å²) >= 11 is 2.06. The van der Waals surface area contributed by atoms with Gasteiger partial charge in [0.2, 0.25) is 0 Å². The second kappa shape index (κ2) is 8.33. The maximum atomic E-state index is 5.83. The van der Waals surface area contributed by atoms with Crippen molar-refractivity contribution in [3.63, 3.8) is 0 Å². The summed E-state index contributed by atoms with van der Waals surface area (Å²) in [5.74, 6) is 7.98. The van der Waals surface area contributed by atoms with Gasteiger partial charge in [-0.05, 0) is 31.2 Å². The van der Waals surface area contributed by atoms with Crippen LogP contribution in [-0.4, -0.2) is 48.2 Å². The van der Waals surface area contributed by atoms with Crippen molar-refractivity contribution in [2.45, 2.75) is 25.1 Å². The largest absolute Gasteiger partial charge is 0.492 e. The Labute approximate surface area is 132 Å². The van der Waals surface area contributed by atoms with Gasteiger partial charge in [-0.1, -0.05) is 18.8 Å². The topological polar surface area (TPSA) is 38.5 Å². The number of ether oxygens (including phenoxy) is 1. The number of hydrogen-bond acceptors (Lipinski definition) is 4. The van der Waals surface area contributed by atoms with Gasteiger partial charge in [0.1, 0.15) is 12.4 Å². The lowest BCUT2D eigenvalue weighted by atomic mass is 10.2. The monoisotopic (exact) mass is 304 g/mol. The van der Waals surface area contributed by atoms with E-state index in [1.165, 1.54) is 5.75 Å². The van der Waals surface area contributed by atoms with Crippen LogP contribution in [0, 0.1) is 11.8 Å². The Morgan fingerprint density at radius 1 is 1.33 bits per heavy atom. The lowest BCUT2D eigenvalue weighted by molar-refractivity contribution is 0.170. The van der Waals surface area contributed by atoms with Crippen LogP contribution in [0.15, 0.2) is 24.3 Å². The van der Waals surface area contributed by atoms with Crippen molar-refractivity contribution < 1.29 is 4.74 Å². The van der Waals surface area contributed by atoms with Crippen LogP contribution in [0.25, 0.3) is 0 Å². The Hall–Kier alpha value is -1.15. The van der Waals surface area contributed by atoms with Gasteiger partial charge in [-0.3, -0.25) is 4.90 Å². The molecule has 2 atom stereocenters. The maximum Gasteiger partial charge on any atom is 0.119 e. The van der Waals surface area contributed by atoms with Crippen LogP contribution in [0.3, 0.4) is 0 Å². The first-order valence-corrected chi connectivity index (χ1v) is 8.53. The van der Waals surface area contributed by atoms with E-state index >= 15 is 0 Å². The summed E-state index contributed by atoms with van der Waals surface area (Å²) in [6, 6.07) is 8.51. The zero-order chi connectivity index (χ0) is 15.1. The molecule has 0 radical (unpaired) electrons. The third-order valence-electron chi connectivity index (χ3n) is 3.85. The Morgan fingerprint density at radius 3 is 2.81 bits per heavy atom. The SMILES string of the molecule is CC1SCCN(CCOc2ccc(C#CCN)cc2)C1C. The predicted molar refractivity (Wildman–Crippen MR) is 90.8 cm³/mol. The van der Waals surface area contributed by atoms with Crippen molar-refractivity contribution in [1.82, 2.24) is 4.90 Å². The summed E-state index contributed by atoms with van der Waals surface area (Å²) in [5, 5.41) is 0.708. The van der Waals surface area contributed by atoms with E-state index in [9.17, 15) is 0 Å². The molecule has 114 valence electrons.